The summed E-state index contributed by atoms with van der Waals surface area (Å²) < 4.78 is 47.8. The molecule has 2 saturated heterocycles. The first-order valence-electron chi connectivity index (χ1n) is 5.49. The molecule has 2 aliphatic rings. The second kappa shape index (κ2) is 4.07. The molecular weight excluding hydrogens is 271 g/mol. The van der Waals surface area contributed by atoms with Crippen LogP contribution in [0.1, 0.15) is 13.8 Å². The Morgan fingerprint density at radius 3 is 2.37 bits per heavy atom. The van der Waals surface area contributed by atoms with Gasteiger partial charge in [-0.25, -0.2) is 4.79 Å². The Bertz CT molecular complexity index is 422. The lowest BCUT2D eigenvalue weighted by molar-refractivity contribution is -0.198. The number of likely N-dealkylation sites (tertiary alicyclic amines) is 1. The number of amides is 1. The third-order valence-corrected chi connectivity index (χ3v) is 3.00. The number of halogens is 3. The van der Waals surface area contributed by atoms with Crippen molar-refractivity contribution in [3.05, 3.63) is 0 Å². The molecule has 2 aliphatic heterocycles. The van der Waals surface area contributed by atoms with Crippen molar-refractivity contribution in [3.63, 3.8) is 0 Å². The molecule has 0 spiro atoms. The standard InChI is InChI=1S/C10H12F3NO5/c1-9(2)18-4-3-14(8(17)10(11,12)13)5(7(15)16)6(4)19-9/h4-6H,3H2,1-2H3,(H,15,16). The van der Waals surface area contributed by atoms with Crippen molar-refractivity contribution < 1.29 is 37.3 Å². The van der Waals surface area contributed by atoms with Crippen molar-refractivity contribution in [3.8, 4) is 0 Å². The van der Waals surface area contributed by atoms with Gasteiger partial charge in [0.05, 0.1) is 6.54 Å². The summed E-state index contributed by atoms with van der Waals surface area (Å²) in [5.74, 6) is -4.82. The largest absolute Gasteiger partial charge is 0.480 e. The molecule has 1 amide bonds. The van der Waals surface area contributed by atoms with Gasteiger partial charge in [-0.3, -0.25) is 4.79 Å². The number of hydrogen-bond donors (Lipinski definition) is 1. The summed E-state index contributed by atoms with van der Waals surface area (Å²) in [4.78, 5) is 22.5. The fraction of sp³-hybridized carbons (Fsp3) is 0.800. The van der Waals surface area contributed by atoms with Gasteiger partial charge in [0.2, 0.25) is 0 Å². The minimum absolute atomic E-state index is 0.243. The van der Waals surface area contributed by atoms with E-state index in [1.165, 1.54) is 13.8 Å². The van der Waals surface area contributed by atoms with Crippen molar-refractivity contribution in [2.24, 2.45) is 0 Å². The minimum atomic E-state index is -5.12. The Morgan fingerprint density at radius 1 is 1.32 bits per heavy atom. The van der Waals surface area contributed by atoms with Crippen LogP contribution in [0.15, 0.2) is 0 Å². The van der Waals surface area contributed by atoms with Gasteiger partial charge in [-0.2, -0.15) is 13.2 Å². The second-order valence-electron chi connectivity index (χ2n) is 4.88. The Labute approximate surface area is 106 Å². The van der Waals surface area contributed by atoms with E-state index in [-0.39, 0.29) is 4.90 Å². The van der Waals surface area contributed by atoms with Crippen molar-refractivity contribution in [1.82, 2.24) is 4.90 Å². The maximum absolute atomic E-state index is 12.4. The van der Waals surface area contributed by atoms with E-state index in [9.17, 15) is 22.8 Å². The highest BCUT2D eigenvalue weighted by molar-refractivity contribution is 5.88. The van der Waals surface area contributed by atoms with Crippen molar-refractivity contribution in [1.29, 1.82) is 0 Å². The molecule has 0 aromatic carbocycles. The van der Waals surface area contributed by atoms with Crippen LogP contribution in [0, 0.1) is 0 Å². The van der Waals surface area contributed by atoms with Gasteiger partial charge in [0.25, 0.3) is 0 Å². The number of carbonyl (C=O) groups is 2. The van der Waals surface area contributed by atoms with E-state index in [4.69, 9.17) is 14.6 Å². The Hall–Kier alpha value is -1.35. The molecular formula is C10H12F3NO5. The average molecular weight is 283 g/mol. The lowest BCUT2D eigenvalue weighted by atomic mass is 10.1. The highest BCUT2D eigenvalue weighted by Crippen LogP contribution is 2.38. The van der Waals surface area contributed by atoms with E-state index in [2.05, 4.69) is 0 Å². The zero-order valence-electron chi connectivity index (χ0n) is 10.1. The Kier molecular flexibility index (Phi) is 3.01. The lowest BCUT2D eigenvalue weighted by Crippen LogP contribution is -2.51. The Morgan fingerprint density at radius 2 is 1.89 bits per heavy atom. The van der Waals surface area contributed by atoms with Crippen LogP contribution in [0.3, 0.4) is 0 Å². The second-order valence-corrected chi connectivity index (χ2v) is 4.88. The van der Waals surface area contributed by atoms with Crippen LogP contribution < -0.4 is 0 Å². The van der Waals surface area contributed by atoms with Gasteiger partial charge in [-0.15, -0.1) is 0 Å². The zero-order chi connectivity index (χ0) is 14.6. The predicted molar refractivity (Wildman–Crippen MR) is 53.0 cm³/mol. The monoisotopic (exact) mass is 283 g/mol. The number of aliphatic carboxylic acids is 1. The molecule has 19 heavy (non-hydrogen) atoms. The van der Waals surface area contributed by atoms with Gasteiger partial charge in [0, 0.05) is 0 Å². The van der Waals surface area contributed by atoms with Gasteiger partial charge in [-0.05, 0) is 13.8 Å². The van der Waals surface area contributed by atoms with Crippen molar-refractivity contribution in [2.75, 3.05) is 6.54 Å². The zero-order valence-corrected chi connectivity index (χ0v) is 10.1. The predicted octanol–water partition coefficient (Wildman–Crippen LogP) is 0.364. The molecule has 0 aromatic rings. The van der Waals surface area contributed by atoms with Crippen LogP contribution in [0.2, 0.25) is 0 Å². The maximum atomic E-state index is 12.4. The lowest BCUT2D eigenvalue weighted by Gasteiger charge is -2.27. The topological polar surface area (TPSA) is 76.1 Å². The summed E-state index contributed by atoms with van der Waals surface area (Å²) in [6.45, 7) is 2.60. The number of carbonyl (C=O) groups excluding carboxylic acids is 1. The summed E-state index contributed by atoms with van der Waals surface area (Å²) in [6, 6.07) is -1.69. The fourth-order valence-corrected chi connectivity index (χ4v) is 2.40. The molecule has 0 bridgehead atoms. The highest BCUT2D eigenvalue weighted by atomic mass is 19.4. The quantitative estimate of drug-likeness (QED) is 0.752. The number of ether oxygens (including phenoxy) is 2. The van der Waals surface area contributed by atoms with Crippen LogP contribution in [0.4, 0.5) is 13.2 Å². The van der Waals surface area contributed by atoms with Crippen LogP contribution >= 0.6 is 0 Å². The van der Waals surface area contributed by atoms with E-state index < -0.39 is 48.6 Å². The first-order valence-corrected chi connectivity index (χ1v) is 5.49. The number of carboxylic acid groups (broad SMARTS) is 1. The molecule has 2 heterocycles. The number of hydrogen-bond acceptors (Lipinski definition) is 4. The summed E-state index contributed by atoms with van der Waals surface area (Å²) in [6.07, 6.45) is -7.09. The maximum Gasteiger partial charge on any atom is 0.471 e. The minimum Gasteiger partial charge on any atom is -0.480 e. The third kappa shape index (κ3) is 2.39. The first-order chi connectivity index (χ1) is 8.53. The molecule has 2 fully saturated rings. The van der Waals surface area contributed by atoms with Crippen molar-refractivity contribution in [2.45, 2.75) is 44.1 Å². The molecule has 1 N–H and O–H groups in total. The molecule has 108 valence electrons. The van der Waals surface area contributed by atoms with Crippen molar-refractivity contribution >= 4 is 11.9 Å². The summed E-state index contributed by atoms with van der Waals surface area (Å²) >= 11 is 0. The molecule has 3 atom stereocenters. The Balaban J connectivity index is 2.26. The molecule has 0 aliphatic carbocycles. The molecule has 0 aromatic heterocycles. The van der Waals surface area contributed by atoms with E-state index in [0.29, 0.717) is 0 Å². The molecule has 0 radical (unpaired) electrons. The van der Waals surface area contributed by atoms with Gasteiger partial charge in [-0.1, -0.05) is 0 Å². The smallest absolute Gasteiger partial charge is 0.471 e. The van der Waals surface area contributed by atoms with E-state index in [1.54, 1.807) is 0 Å². The number of nitrogens with zero attached hydrogens (tertiary/aromatic N) is 1. The molecule has 3 unspecified atom stereocenters. The van der Waals surface area contributed by atoms with Crippen LogP contribution in [-0.4, -0.2) is 58.6 Å². The average Bonchev–Trinajstić information content (AvgIpc) is 2.65. The van der Waals surface area contributed by atoms with Gasteiger partial charge < -0.3 is 19.5 Å². The van der Waals surface area contributed by atoms with E-state index in [1.807, 2.05) is 0 Å². The van der Waals surface area contributed by atoms with Gasteiger partial charge in [0.1, 0.15) is 12.2 Å². The summed E-state index contributed by atoms with van der Waals surface area (Å²) in [5.41, 5.74) is 0. The highest BCUT2D eigenvalue weighted by Gasteiger charge is 2.60. The SMILES string of the molecule is CC1(C)OC2CN(C(=O)C(F)(F)F)C(C(=O)O)C2O1. The molecule has 2 rings (SSSR count). The van der Waals surface area contributed by atoms with E-state index in [0.717, 1.165) is 0 Å². The molecule has 6 nitrogen and oxygen atoms in total. The fourth-order valence-electron chi connectivity index (χ4n) is 2.40. The summed E-state index contributed by atoms with van der Waals surface area (Å²) in [7, 11) is 0. The van der Waals surface area contributed by atoms with Gasteiger partial charge >= 0.3 is 18.1 Å². The van der Waals surface area contributed by atoms with Crippen LogP contribution in [0.25, 0.3) is 0 Å². The molecule has 9 heteroatoms. The van der Waals surface area contributed by atoms with Crippen LogP contribution in [-0.2, 0) is 19.1 Å². The van der Waals surface area contributed by atoms with Gasteiger partial charge in [0.15, 0.2) is 11.8 Å². The summed E-state index contributed by atoms with van der Waals surface area (Å²) in [5, 5.41) is 9.02. The third-order valence-electron chi connectivity index (χ3n) is 3.00. The number of rotatable bonds is 1. The normalized spacial score (nSPS) is 33.3. The van der Waals surface area contributed by atoms with Crippen LogP contribution in [0.5, 0.6) is 0 Å². The number of alkyl halides is 3. The van der Waals surface area contributed by atoms with E-state index >= 15 is 0 Å². The number of fused-ring (bicyclic) bond motifs is 1. The first kappa shape index (κ1) is 14.1. The number of carboxylic acids is 1. The molecule has 0 saturated carbocycles.